The van der Waals surface area contributed by atoms with E-state index < -0.39 is 0 Å². The van der Waals surface area contributed by atoms with Crippen LogP contribution < -0.4 is 0 Å². The minimum Gasteiger partial charge on any atom is -0.375 e. The van der Waals surface area contributed by atoms with E-state index in [0.29, 0.717) is 16.4 Å². The predicted molar refractivity (Wildman–Crippen MR) is 131 cm³/mol. The Labute approximate surface area is 193 Å². The first-order valence-electron chi connectivity index (χ1n) is 14.4. The molecular weight excluding hydrogens is 376 g/mol. The van der Waals surface area contributed by atoms with E-state index in [1.54, 1.807) is 6.42 Å². The zero-order valence-corrected chi connectivity index (χ0v) is 21.6. The lowest BCUT2D eigenvalue weighted by Crippen LogP contribution is -2.56. The van der Waals surface area contributed by atoms with Gasteiger partial charge in [-0.25, -0.2) is 0 Å². The topological polar surface area (TPSA) is 9.23 Å². The molecule has 0 aromatic carbocycles. The maximum absolute atomic E-state index is 6.38. The van der Waals surface area contributed by atoms with Gasteiger partial charge in [0.25, 0.3) is 0 Å². The van der Waals surface area contributed by atoms with Crippen LogP contribution in [0.1, 0.15) is 125 Å². The molecule has 0 radical (unpaired) electrons. The number of hydrogen-bond donors (Lipinski definition) is 0. The fourth-order valence-corrected chi connectivity index (χ4v) is 10.4. The Kier molecular flexibility index (Phi) is 6.10. The summed E-state index contributed by atoms with van der Waals surface area (Å²) in [7, 11) is 0. The average Bonchev–Trinajstić information content (AvgIpc) is 3.32. The van der Waals surface area contributed by atoms with E-state index in [1.807, 2.05) is 0 Å². The van der Waals surface area contributed by atoms with Gasteiger partial charge >= 0.3 is 0 Å². The Morgan fingerprint density at radius 2 is 1.61 bits per heavy atom. The molecule has 178 valence electrons. The molecule has 0 aromatic heterocycles. The van der Waals surface area contributed by atoms with Crippen LogP contribution in [0.25, 0.3) is 0 Å². The van der Waals surface area contributed by atoms with Crippen molar-refractivity contribution >= 4 is 0 Å². The Hall–Kier alpha value is -0.0400. The van der Waals surface area contributed by atoms with Crippen molar-refractivity contribution in [2.45, 2.75) is 130 Å². The smallest absolute Gasteiger partial charge is 0.0686 e. The molecule has 5 rings (SSSR count). The summed E-state index contributed by atoms with van der Waals surface area (Å²) in [6.45, 7) is 13.9. The Morgan fingerprint density at radius 1 is 0.806 bits per heavy atom. The van der Waals surface area contributed by atoms with Crippen LogP contribution >= 0.6 is 0 Å². The maximum Gasteiger partial charge on any atom is 0.0686 e. The van der Waals surface area contributed by atoms with Gasteiger partial charge < -0.3 is 4.74 Å². The Balaban J connectivity index is 1.28. The van der Waals surface area contributed by atoms with Crippen LogP contribution in [0.3, 0.4) is 0 Å². The van der Waals surface area contributed by atoms with Crippen LogP contribution in [0.2, 0.25) is 0 Å². The van der Waals surface area contributed by atoms with Crippen molar-refractivity contribution in [1.29, 1.82) is 0 Å². The van der Waals surface area contributed by atoms with Crippen molar-refractivity contribution in [2.24, 2.45) is 52.3 Å². The molecule has 0 amide bonds. The van der Waals surface area contributed by atoms with E-state index in [4.69, 9.17) is 4.74 Å². The Bertz CT molecular complexity index is 632. The van der Waals surface area contributed by atoms with Crippen molar-refractivity contribution in [2.75, 3.05) is 6.61 Å². The van der Waals surface area contributed by atoms with E-state index in [1.165, 1.54) is 83.5 Å². The van der Waals surface area contributed by atoms with Crippen molar-refractivity contribution < 1.29 is 4.74 Å². The van der Waals surface area contributed by atoms with E-state index in [9.17, 15) is 0 Å². The highest BCUT2D eigenvalue weighted by atomic mass is 16.5. The molecule has 31 heavy (non-hydrogen) atoms. The molecule has 4 saturated carbocycles. The van der Waals surface area contributed by atoms with E-state index in [2.05, 4.69) is 34.6 Å². The number of hydrogen-bond acceptors (Lipinski definition) is 1. The number of fused-ring (bicyclic) bond motifs is 5. The lowest BCUT2D eigenvalue weighted by Gasteiger charge is -2.62. The molecule has 9 atom stereocenters. The molecule has 1 saturated heterocycles. The van der Waals surface area contributed by atoms with Gasteiger partial charge in [0.15, 0.2) is 0 Å². The summed E-state index contributed by atoms with van der Waals surface area (Å²) in [6, 6.07) is 0. The van der Waals surface area contributed by atoms with Gasteiger partial charge in [0.1, 0.15) is 0 Å². The third-order valence-electron chi connectivity index (χ3n) is 12.2. The van der Waals surface area contributed by atoms with Crippen LogP contribution in [-0.4, -0.2) is 12.2 Å². The number of ether oxygens (including phenoxy) is 1. The highest BCUT2D eigenvalue weighted by Crippen LogP contribution is 2.69. The van der Waals surface area contributed by atoms with E-state index >= 15 is 0 Å². The zero-order valence-electron chi connectivity index (χ0n) is 21.6. The van der Waals surface area contributed by atoms with Gasteiger partial charge in [-0.15, -0.1) is 0 Å². The second-order valence-electron chi connectivity index (χ2n) is 14.0. The van der Waals surface area contributed by atoms with Crippen molar-refractivity contribution in [3.05, 3.63) is 0 Å². The summed E-state index contributed by atoms with van der Waals surface area (Å²) in [4.78, 5) is 0. The predicted octanol–water partition coefficient (Wildman–Crippen LogP) is 8.66. The highest BCUT2D eigenvalue weighted by Gasteiger charge is 2.62. The maximum atomic E-state index is 6.38. The first kappa shape index (κ1) is 22.7. The molecule has 5 fully saturated rings. The minimum atomic E-state index is 0.296. The van der Waals surface area contributed by atoms with Crippen LogP contribution in [-0.2, 0) is 4.74 Å². The summed E-state index contributed by atoms with van der Waals surface area (Å²) in [5.74, 6) is 6.82. The summed E-state index contributed by atoms with van der Waals surface area (Å²) >= 11 is 0. The van der Waals surface area contributed by atoms with Crippen LogP contribution in [0.15, 0.2) is 0 Å². The van der Waals surface area contributed by atoms with Gasteiger partial charge in [0.2, 0.25) is 0 Å². The molecule has 0 bridgehead atoms. The van der Waals surface area contributed by atoms with Crippen LogP contribution in [0, 0.1) is 52.3 Å². The minimum absolute atomic E-state index is 0.296. The van der Waals surface area contributed by atoms with E-state index in [-0.39, 0.29) is 0 Å². The van der Waals surface area contributed by atoms with Gasteiger partial charge in [0, 0.05) is 6.61 Å². The second kappa shape index (κ2) is 8.32. The molecule has 0 unspecified atom stereocenters. The van der Waals surface area contributed by atoms with Gasteiger partial charge in [0.05, 0.1) is 5.60 Å². The van der Waals surface area contributed by atoms with E-state index in [0.717, 1.165) is 48.0 Å². The van der Waals surface area contributed by atoms with Crippen molar-refractivity contribution in [1.82, 2.24) is 0 Å². The summed E-state index contributed by atoms with van der Waals surface area (Å²) in [6.07, 6.45) is 20.4. The quantitative estimate of drug-likeness (QED) is 0.425. The third kappa shape index (κ3) is 3.76. The molecule has 4 aliphatic carbocycles. The lowest BCUT2D eigenvalue weighted by atomic mass is 9.43. The molecule has 1 nitrogen and oxygen atoms in total. The molecule has 1 spiro atoms. The van der Waals surface area contributed by atoms with Crippen molar-refractivity contribution in [3.63, 3.8) is 0 Å². The number of rotatable bonds is 5. The second-order valence-corrected chi connectivity index (χ2v) is 14.0. The zero-order chi connectivity index (χ0) is 21.9. The molecule has 0 N–H and O–H groups in total. The van der Waals surface area contributed by atoms with Gasteiger partial charge in [-0.3, -0.25) is 0 Å². The monoisotopic (exact) mass is 428 g/mol. The SMILES string of the molecule is CC(C)CCC[C@@H](C)[C@H]1CC[C@H]2[C@@H]3CC[C@H]4C[C@]5(CCCO5)CC[C@]4(C)[C@H]3CC[C@]12C. The van der Waals surface area contributed by atoms with Gasteiger partial charge in [-0.1, -0.05) is 53.9 Å². The molecule has 5 aliphatic rings. The standard InChI is InChI=1S/C30H52O/c1-21(2)8-6-9-22(3)25-12-13-26-24-11-10-23-20-30(15-7-19-31-30)18-17-28(23,4)27(24)14-16-29(25,26)5/h21-27H,6-20H2,1-5H3/t22-,23+,24+,25-,26+,27+,28+,29-,30+/m1/s1. The Morgan fingerprint density at radius 3 is 2.35 bits per heavy atom. The first-order chi connectivity index (χ1) is 14.8. The lowest BCUT2D eigenvalue weighted by molar-refractivity contribution is -0.155. The molecule has 1 aliphatic heterocycles. The van der Waals surface area contributed by atoms with Crippen LogP contribution in [0.5, 0.6) is 0 Å². The normalized spacial score (nSPS) is 50.3. The van der Waals surface area contributed by atoms with Crippen molar-refractivity contribution in [3.8, 4) is 0 Å². The van der Waals surface area contributed by atoms with Crippen LogP contribution in [0.4, 0.5) is 0 Å². The summed E-state index contributed by atoms with van der Waals surface area (Å²) < 4.78 is 6.38. The first-order valence-corrected chi connectivity index (χ1v) is 14.4. The molecule has 1 heterocycles. The molecular formula is C30H52O. The average molecular weight is 429 g/mol. The fraction of sp³-hybridized carbons (Fsp3) is 1.00. The largest absolute Gasteiger partial charge is 0.375 e. The third-order valence-corrected chi connectivity index (χ3v) is 12.2. The molecule has 1 heteroatoms. The van der Waals surface area contributed by atoms with Gasteiger partial charge in [-0.2, -0.15) is 0 Å². The summed E-state index contributed by atoms with van der Waals surface area (Å²) in [5, 5.41) is 0. The summed E-state index contributed by atoms with van der Waals surface area (Å²) in [5.41, 5.74) is 1.55. The molecule has 0 aromatic rings. The highest BCUT2D eigenvalue weighted by molar-refractivity contribution is 5.11. The fourth-order valence-electron chi connectivity index (χ4n) is 10.4. The van der Waals surface area contributed by atoms with Gasteiger partial charge in [-0.05, 0) is 123 Å².